The van der Waals surface area contributed by atoms with Gasteiger partial charge in [0.2, 0.25) is 0 Å². The van der Waals surface area contributed by atoms with E-state index in [1.165, 1.54) is 5.56 Å². The van der Waals surface area contributed by atoms with Crippen LogP contribution >= 0.6 is 0 Å². The number of pyridine rings is 1. The van der Waals surface area contributed by atoms with Gasteiger partial charge in [-0.25, -0.2) is 0 Å². The van der Waals surface area contributed by atoms with Gasteiger partial charge in [-0.15, -0.1) is 0 Å². The predicted molar refractivity (Wildman–Crippen MR) is 80.6 cm³/mol. The molecule has 0 fully saturated rings. The van der Waals surface area contributed by atoms with Crippen LogP contribution in [0.4, 0.5) is 0 Å². The summed E-state index contributed by atoms with van der Waals surface area (Å²) >= 11 is 0. The highest BCUT2D eigenvalue weighted by atomic mass is 15.1. The average molecular weight is 265 g/mol. The first-order valence-electron chi connectivity index (χ1n) is 7.19. The van der Waals surface area contributed by atoms with Crippen LogP contribution in [-0.4, -0.2) is 23.0 Å². The predicted octanol–water partition coefficient (Wildman–Crippen LogP) is 3.10. The maximum absolute atomic E-state index is 9.65. The van der Waals surface area contributed by atoms with Crippen molar-refractivity contribution in [3.05, 3.63) is 40.1 Å². The third-order valence-electron chi connectivity index (χ3n) is 4.22. The molecule has 2 aromatic rings. The molecule has 0 atom stereocenters. The highest BCUT2D eigenvalue weighted by molar-refractivity contribution is 5.90. The fourth-order valence-corrected chi connectivity index (χ4v) is 3.20. The molecule has 0 unspecified atom stereocenters. The van der Waals surface area contributed by atoms with Gasteiger partial charge in [0.25, 0.3) is 0 Å². The quantitative estimate of drug-likeness (QED) is 0.795. The van der Waals surface area contributed by atoms with Gasteiger partial charge in [0.05, 0.1) is 11.1 Å². The number of likely N-dealkylation sites (N-methyl/N-ethyl adjacent to an activating group) is 1. The highest BCUT2D eigenvalue weighted by Gasteiger charge is 2.22. The molecular weight excluding hydrogens is 246 g/mol. The standard InChI is InChI=1S/C17H19N3/c1-4-20-6-5-15-14(10-20)13(9-18)17-12(3)7-11(2)8-16(17)19-15/h7-8H,4-6,10H2,1-3H3. The van der Waals surface area contributed by atoms with Crippen molar-refractivity contribution in [2.24, 2.45) is 0 Å². The average Bonchev–Trinajstić information content (AvgIpc) is 2.44. The zero-order valence-electron chi connectivity index (χ0n) is 12.3. The Morgan fingerprint density at radius 3 is 2.85 bits per heavy atom. The minimum atomic E-state index is 0.834. The molecule has 1 aliphatic heterocycles. The van der Waals surface area contributed by atoms with Crippen molar-refractivity contribution < 1.29 is 0 Å². The molecule has 1 aromatic carbocycles. The fraction of sp³-hybridized carbons (Fsp3) is 0.412. The van der Waals surface area contributed by atoms with Crippen LogP contribution < -0.4 is 0 Å². The Labute approximate surface area is 119 Å². The molecule has 102 valence electrons. The smallest absolute Gasteiger partial charge is 0.100 e. The molecule has 0 amide bonds. The van der Waals surface area contributed by atoms with Crippen LogP contribution in [0.5, 0.6) is 0 Å². The van der Waals surface area contributed by atoms with Crippen LogP contribution in [0.2, 0.25) is 0 Å². The van der Waals surface area contributed by atoms with Crippen LogP contribution in [0.25, 0.3) is 10.9 Å². The maximum atomic E-state index is 9.65. The summed E-state index contributed by atoms with van der Waals surface area (Å²) < 4.78 is 0. The van der Waals surface area contributed by atoms with Gasteiger partial charge >= 0.3 is 0 Å². The van der Waals surface area contributed by atoms with Gasteiger partial charge < -0.3 is 0 Å². The maximum Gasteiger partial charge on any atom is 0.100 e. The van der Waals surface area contributed by atoms with E-state index in [1.807, 2.05) is 0 Å². The largest absolute Gasteiger partial charge is 0.299 e. The minimum absolute atomic E-state index is 0.834. The first kappa shape index (κ1) is 13.1. The van der Waals surface area contributed by atoms with Crippen LogP contribution in [-0.2, 0) is 13.0 Å². The van der Waals surface area contributed by atoms with Crippen molar-refractivity contribution in [2.45, 2.75) is 33.7 Å². The zero-order chi connectivity index (χ0) is 14.3. The normalized spacial score (nSPS) is 15.1. The molecule has 3 nitrogen and oxygen atoms in total. The second kappa shape index (κ2) is 4.88. The van der Waals surface area contributed by atoms with Gasteiger partial charge in [0.15, 0.2) is 0 Å². The molecule has 0 bridgehead atoms. The lowest BCUT2D eigenvalue weighted by Crippen LogP contribution is -2.31. The number of rotatable bonds is 1. The molecule has 2 heterocycles. The van der Waals surface area contributed by atoms with Crippen molar-refractivity contribution in [2.75, 3.05) is 13.1 Å². The summed E-state index contributed by atoms with van der Waals surface area (Å²) in [5, 5.41) is 10.7. The van der Waals surface area contributed by atoms with E-state index in [-0.39, 0.29) is 0 Å². The molecule has 0 aliphatic carbocycles. The number of hydrogen-bond acceptors (Lipinski definition) is 3. The van der Waals surface area contributed by atoms with Gasteiger partial charge in [0.1, 0.15) is 6.07 Å². The van der Waals surface area contributed by atoms with Gasteiger partial charge in [-0.3, -0.25) is 9.88 Å². The Morgan fingerprint density at radius 2 is 2.15 bits per heavy atom. The first-order chi connectivity index (χ1) is 9.63. The van der Waals surface area contributed by atoms with Crippen molar-refractivity contribution in [3.63, 3.8) is 0 Å². The highest BCUT2D eigenvalue weighted by Crippen LogP contribution is 2.30. The van der Waals surface area contributed by atoms with Gasteiger partial charge in [-0.05, 0) is 37.6 Å². The third kappa shape index (κ3) is 1.97. The van der Waals surface area contributed by atoms with E-state index >= 15 is 0 Å². The molecule has 1 aromatic heterocycles. The molecule has 0 spiro atoms. The molecule has 20 heavy (non-hydrogen) atoms. The van der Waals surface area contributed by atoms with E-state index < -0.39 is 0 Å². The third-order valence-corrected chi connectivity index (χ3v) is 4.22. The van der Waals surface area contributed by atoms with Crippen molar-refractivity contribution in [1.82, 2.24) is 9.88 Å². The summed E-state index contributed by atoms with van der Waals surface area (Å²) in [6.45, 7) is 9.24. The molecule has 0 saturated carbocycles. The SMILES string of the molecule is CCN1CCc2nc3cc(C)cc(C)c3c(C#N)c2C1. The molecule has 0 radical (unpaired) electrons. The second-order valence-corrected chi connectivity index (χ2v) is 5.62. The molecule has 3 rings (SSSR count). The van der Waals surface area contributed by atoms with Crippen molar-refractivity contribution >= 4 is 10.9 Å². The van der Waals surface area contributed by atoms with Crippen LogP contribution in [0.15, 0.2) is 12.1 Å². The van der Waals surface area contributed by atoms with Crippen LogP contribution in [0.1, 0.15) is 34.9 Å². The minimum Gasteiger partial charge on any atom is -0.299 e. The Morgan fingerprint density at radius 1 is 1.35 bits per heavy atom. The summed E-state index contributed by atoms with van der Waals surface area (Å²) in [5.74, 6) is 0. The molecule has 0 saturated heterocycles. The summed E-state index contributed by atoms with van der Waals surface area (Å²) in [4.78, 5) is 7.21. The van der Waals surface area contributed by atoms with Crippen LogP contribution in [0.3, 0.4) is 0 Å². The van der Waals surface area contributed by atoms with Gasteiger partial charge in [-0.1, -0.05) is 13.0 Å². The van der Waals surface area contributed by atoms with E-state index in [0.717, 1.165) is 59.3 Å². The van der Waals surface area contributed by atoms with E-state index in [2.05, 4.69) is 43.9 Å². The zero-order valence-corrected chi connectivity index (χ0v) is 12.3. The van der Waals surface area contributed by atoms with Crippen molar-refractivity contribution in [1.29, 1.82) is 5.26 Å². The second-order valence-electron chi connectivity index (χ2n) is 5.62. The van der Waals surface area contributed by atoms with E-state index in [9.17, 15) is 5.26 Å². The summed E-state index contributed by atoms with van der Waals surface area (Å²) in [6.07, 6.45) is 0.945. The lowest BCUT2D eigenvalue weighted by Gasteiger charge is -2.28. The number of aryl methyl sites for hydroxylation is 2. The first-order valence-corrected chi connectivity index (χ1v) is 7.19. The monoisotopic (exact) mass is 265 g/mol. The number of benzene rings is 1. The lowest BCUT2D eigenvalue weighted by molar-refractivity contribution is 0.266. The summed E-state index contributed by atoms with van der Waals surface area (Å²) in [6, 6.07) is 6.67. The van der Waals surface area contributed by atoms with Gasteiger partial charge in [-0.2, -0.15) is 5.26 Å². The van der Waals surface area contributed by atoms with E-state index in [1.54, 1.807) is 0 Å². The molecule has 0 N–H and O–H groups in total. The number of fused-ring (bicyclic) bond motifs is 2. The van der Waals surface area contributed by atoms with E-state index in [0.29, 0.717) is 0 Å². The lowest BCUT2D eigenvalue weighted by atomic mass is 9.93. The molecule has 1 aliphatic rings. The molecular formula is C17H19N3. The Hall–Kier alpha value is -1.92. The Balaban J connectivity index is 2.32. The molecule has 3 heteroatoms. The van der Waals surface area contributed by atoms with Crippen molar-refractivity contribution in [3.8, 4) is 6.07 Å². The summed E-state index contributed by atoms with van der Waals surface area (Å²) in [5.41, 5.74) is 6.42. The summed E-state index contributed by atoms with van der Waals surface area (Å²) in [7, 11) is 0. The number of hydrogen-bond donors (Lipinski definition) is 0. The van der Waals surface area contributed by atoms with Crippen LogP contribution in [0, 0.1) is 25.2 Å². The van der Waals surface area contributed by atoms with E-state index in [4.69, 9.17) is 4.98 Å². The van der Waals surface area contributed by atoms with Gasteiger partial charge in [0, 0.05) is 36.2 Å². The number of nitriles is 1. The fourth-order valence-electron chi connectivity index (χ4n) is 3.20. The Bertz CT molecular complexity index is 725. The topological polar surface area (TPSA) is 39.9 Å². The number of nitrogens with zero attached hydrogens (tertiary/aromatic N) is 3. The Kier molecular flexibility index (Phi) is 3.19. The number of aromatic nitrogens is 1.